The average Bonchev–Trinajstić information content (AvgIpc) is 3.10. The molecule has 1 fully saturated rings. The summed E-state index contributed by atoms with van der Waals surface area (Å²) in [6, 6.07) is 7.39. The number of ether oxygens (including phenoxy) is 1. The molecule has 6 heteroatoms. The van der Waals surface area contributed by atoms with Crippen LogP contribution in [0, 0.1) is 5.41 Å². The predicted octanol–water partition coefficient (Wildman–Crippen LogP) is 3.84. The quantitative estimate of drug-likeness (QED) is 0.847. The van der Waals surface area contributed by atoms with E-state index < -0.39 is 5.41 Å². The van der Waals surface area contributed by atoms with Crippen LogP contribution >= 0.6 is 0 Å². The van der Waals surface area contributed by atoms with E-state index in [1.807, 2.05) is 49.9 Å². The van der Waals surface area contributed by atoms with Crippen LogP contribution in [-0.4, -0.2) is 34.6 Å². The van der Waals surface area contributed by atoms with Gasteiger partial charge in [0.15, 0.2) is 0 Å². The summed E-state index contributed by atoms with van der Waals surface area (Å²) in [6.07, 6.45) is 2.91. The topological polar surface area (TPSA) is 68.5 Å². The van der Waals surface area contributed by atoms with Crippen LogP contribution in [0.15, 0.2) is 28.8 Å². The van der Waals surface area contributed by atoms with Gasteiger partial charge in [0.25, 0.3) is 0 Å². The van der Waals surface area contributed by atoms with Gasteiger partial charge in [-0.15, -0.1) is 0 Å². The van der Waals surface area contributed by atoms with Gasteiger partial charge < -0.3 is 14.2 Å². The first-order valence-electron chi connectivity index (χ1n) is 8.69. The van der Waals surface area contributed by atoms with Gasteiger partial charge >= 0.3 is 0 Å². The minimum absolute atomic E-state index is 0.123. The Morgan fingerprint density at radius 3 is 2.84 bits per heavy atom. The SMILES string of the molecule is COc1cccc(-c2noc([C@@H]3CCCCN3C(=O)C(C)(C)C)n2)c1. The molecule has 1 aliphatic heterocycles. The van der Waals surface area contributed by atoms with Crippen molar-refractivity contribution in [3.05, 3.63) is 30.2 Å². The Kier molecular flexibility index (Phi) is 4.79. The lowest BCUT2D eigenvalue weighted by Crippen LogP contribution is -2.44. The number of hydrogen-bond acceptors (Lipinski definition) is 5. The molecular weight excluding hydrogens is 318 g/mol. The van der Waals surface area contributed by atoms with Gasteiger partial charge in [0, 0.05) is 17.5 Å². The third-order valence-corrected chi connectivity index (χ3v) is 4.46. The molecule has 1 saturated heterocycles. The maximum atomic E-state index is 12.8. The molecular formula is C19H25N3O3. The summed E-state index contributed by atoms with van der Waals surface area (Å²) in [7, 11) is 1.62. The predicted molar refractivity (Wildman–Crippen MR) is 94.0 cm³/mol. The maximum absolute atomic E-state index is 12.8. The number of likely N-dealkylation sites (tertiary alicyclic amines) is 1. The molecule has 1 aromatic heterocycles. The van der Waals surface area contributed by atoms with Gasteiger partial charge in [-0.3, -0.25) is 4.79 Å². The van der Waals surface area contributed by atoms with E-state index in [0.29, 0.717) is 11.7 Å². The number of carbonyl (C=O) groups excluding carboxylic acids is 1. The Morgan fingerprint density at radius 1 is 1.32 bits per heavy atom. The Bertz CT molecular complexity index is 748. The van der Waals surface area contributed by atoms with Crippen LogP contribution in [0.1, 0.15) is 52.0 Å². The van der Waals surface area contributed by atoms with Crippen molar-refractivity contribution < 1.29 is 14.1 Å². The number of benzene rings is 1. The summed E-state index contributed by atoms with van der Waals surface area (Å²) >= 11 is 0. The van der Waals surface area contributed by atoms with Gasteiger partial charge in [-0.1, -0.05) is 38.1 Å². The summed E-state index contributed by atoms with van der Waals surface area (Å²) in [5.74, 6) is 1.89. The van der Waals surface area contributed by atoms with Crippen molar-refractivity contribution in [2.24, 2.45) is 5.41 Å². The Balaban J connectivity index is 1.88. The highest BCUT2D eigenvalue weighted by Crippen LogP contribution is 2.34. The molecule has 1 amide bonds. The van der Waals surface area contributed by atoms with Crippen molar-refractivity contribution >= 4 is 5.91 Å². The number of methoxy groups -OCH3 is 1. The average molecular weight is 343 g/mol. The molecule has 0 radical (unpaired) electrons. The second-order valence-electron chi connectivity index (χ2n) is 7.45. The fraction of sp³-hybridized carbons (Fsp3) is 0.526. The highest BCUT2D eigenvalue weighted by molar-refractivity contribution is 5.82. The summed E-state index contributed by atoms with van der Waals surface area (Å²) in [4.78, 5) is 19.2. The summed E-state index contributed by atoms with van der Waals surface area (Å²) in [6.45, 7) is 6.56. The van der Waals surface area contributed by atoms with E-state index >= 15 is 0 Å². The largest absolute Gasteiger partial charge is 0.497 e. The minimum Gasteiger partial charge on any atom is -0.497 e. The van der Waals surface area contributed by atoms with Gasteiger partial charge in [0.05, 0.1) is 7.11 Å². The fourth-order valence-electron chi connectivity index (χ4n) is 3.11. The highest BCUT2D eigenvalue weighted by Gasteiger charge is 2.36. The maximum Gasteiger partial charge on any atom is 0.249 e. The molecule has 2 heterocycles. The van der Waals surface area contributed by atoms with Crippen molar-refractivity contribution in [2.75, 3.05) is 13.7 Å². The zero-order chi connectivity index (χ0) is 18.0. The fourth-order valence-corrected chi connectivity index (χ4v) is 3.11. The smallest absolute Gasteiger partial charge is 0.249 e. The number of aromatic nitrogens is 2. The molecule has 1 aliphatic rings. The second kappa shape index (κ2) is 6.86. The number of rotatable bonds is 3. The molecule has 3 rings (SSSR count). The van der Waals surface area contributed by atoms with Crippen LogP contribution < -0.4 is 4.74 Å². The van der Waals surface area contributed by atoms with Crippen molar-refractivity contribution in [3.63, 3.8) is 0 Å². The molecule has 0 bridgehead atoms. The van der Waals surface area contributed by atoms with Crippen molar-refractivity contribution in [3.8, 4) is 17.1 Å². The highest BCUT2D eigenvalue weighted by atomic mass is 16.5. The third kappa shape index (κ3) is 3.67. The minimum atomic E-state index is -0.425. The molecule has 0 spiro atoms. The van der Waals surface area contributed by atoms with E-state index in [0.717, 1.165) is 37.1 Å². The van der Waals surface area contributed by atoms with E-state index in [-0.39, 0.29) is 11.9 Å². The monoisotopic (exact) mass is 343 g/mol. The van der Waals surface area contributed by atoms with E-state index in [4.69, 9.17) is 9.26 Å². The van der Waals surface area contributed by atoms with Crippen LogP contribution in [0.4, 0.5) is 0 Å². The Labute approximate surface area is 148 Å². The van der Waals surface area contributed by atoms with Crippen molar-refractivity contribution in [2.45, 2.75) is 46.1 Å². The molecule has 25 heavy (non-hydrogen) atoms. The lowest BCUT2D eigenvalue weighted by molar-refractivity contribution is -0.144. The van der Waals surface area contributed by atoms with E-state index in [1.54, 1.807) is 7.11 Å². The molecule has 2 aromatic rings. The van der Waals surface area contributed by atoms with Gasteiger partial charge in [-0.05, 0) is 31.4 Å². The van der Waals surface area contributed by atoms with Crippen molar-refractivity contribution in [1.29, 1.82) is 0 Å². The molecule has 1 aromatic carbocycles. The van der Waals surface area contributed by atoms with Gasteiger partial charge in [-0.25, -0.2) is 0 Å². The first-order chi connectivity index (χ1) is 11.9. The number of piperidine rings is 1. The summed E-state index contributed by atoms with van der Waals surface area (Å²) in [5, 5.41) is 4.11. The number of hydrogen-bond donors (Lipinski definition) is 0. The molecule has 1 atom stereocenters. The molecule has 0 saturated carbocycles. The van der Waals surface area contributed by atoms with Gasteiger partial charge in [0.1, 0.15) is 11.8 Å². The zero-order valence-corrected chi connectivity index (χ0v) is 15.3. The van der Waals surface area contributed by atoms with E-state index in [1.165, 1.54) is 0 Å². The Morgan fingerprint density at radius 2 is 2.12 bits per heavy atom. The van der Waals surface area contributed by atoms with Gasteiger partial charge in [-0.2, -0.15) is 4.98 Å². The zero-order valence-electron chi connectivity index (χ0n) is 15.3. The van der Waals surface area contributed by atoms with E-state index in [2.05, 4.69) is 10.1 Å². The number of carbonyl (C=O) groups is 1. The molecule has 6 nitrogen and oxygen atoms in total. The first kappa shape index (κ1) is 17.5. The van der Waals surface area contributed by atoms with Gasteiger partial charge in [0.2, 0.25) is 17.6 Å². The normalized spacial score (nSPS) is 18.2. The van der Waals surface area contributed by atoms with E-state index in [9.17, 15) is 4.79 Å². The molecule has 0 aliphatic carbocycles. The summed E-state index contributed by atoms with van der Waals surface area (Å²) < 4.78 is 10.8. The lowest BCUT2D eigenvalue weighted by atomic mass is 9.91. The van der Waals surface area contributed by atoms with Crippen LogP contribution in [-0.2, 0) is 4.79 Å². The van der Waals surface area contributed by atoms with Crippen LogP contribution in [0.5, 0.6) is 5.75 Å². The first-order valence-corrected chi connectivity index (χ1v) is 8.69. The van der Waals surface area contributed by atoms with Crippen molar-refractivity contribution in [1.82, 2.24) is 15.0 Å². The number of amides is 1. The Hall–Kier alpha value is -2.37. The lowest BCUT2D eigenvalue weighted by Gasteiger charge is -2.37. The standard InChI is InChI=1S/C19H25N3O3/c1-19(2,3)18(23)22-11-6-5-10-15(22)17-20-16(21-25-17)13-8-7-9-14(12-13)24-4/h7-9,12,15H,5-6,10-11H2,1-4H3/t15-/m0/s1. The second-order valence-corrected chi connectivity index (χ2v) is 7.45. The molecule has 134 valence electrons. The summed E-state index contributed by atoms with van der Waals surface area (Å²) in [5.41, 5.74) is 0.407. The van der Waals surface area contributed by atoms with Crippen LogP contribution in [0.2, 0.25) is 0 Å². The third-order valence-electron chi connectivity index (χ3n) is 4.46. The van der Waals surface area contributed by atoms with Crippen LogP contribution in [0.25, 0.3) is 11.4 Å². The number of nitrogens with zero attached hydrogens (tertiary/aromatic N) is 3. The molecule has 0 N–H and O–H groups in total. The molecule has 0 unspecified atom stereocenters. The van der Waals surface area contributed by atoms with Crippen LogP contribution in [0.3, 0.4) is 0 Å².